The van der Waals surface area contributed by atoms with Crippen LogP contribution >= 0.6 is 0 Å². The summed E-state index contributed by atoms with van der Waals surface area (Å²) in [6, 6.07) is 7.00. The zero-order chi connectivity index (χ0) is 107. The number of benzene rings is 4. The van der Waals surface area contributed by atoms with Crippen LogP contribution in [0, 0.1) is 28.6 Å². The van der Waals surface area contributed by atoms with Crippen molar-refractivity contribution in [2.75, 3.05) is 32.7 Å². The Morgan fingerprint density at radius 2 is 0.793 bits per heavy atom. The number of hydrogen-bond donors (Lipinski definition) is 26. The Hall–Kier alpha value is -14.9. The standard InChI is InChI=1S/C99H146N26O20/c1-9-56(5)80(122-90(138)74(51-63-34-38-66(127)39-35-63)118-84(132)58(7)111-85(133)67(101)48-60-23-13-11-14-24-60)94(142)112-59(8)83(131)116-71(29-20-44-109-99(105)106)96(144)124-45-21-31-78(124)93(141)121-76(47-55(3)4)97(145)125-46-22-30-77(125)92(140)114-69(28-19-43-108-98(103)104)87(135)120-75(52-64-53-107-54-110-64)91(139)123-81(57(6)10-2)95(143)115-68(27-17-18-42-100)86(134)113-70(40-41-79(128)129)88(136)119-73(50-62-32-36-65(126)37-33-62)89(137)117-72(82(102)130)49-61-25-15-12-16-26-61/h11-16,23-26,32-39,53-59,67-78,80-81,126-127H,9-10,17-22,27-31,40-52,100-101H2,1-8H3,(H2,102,130)(H,107,110)(H,111,133)(H,112,142)(H,113,134)(H,114,140)(H,115,143)(H,116,131)(H,117,137)(H,118,132)(H,119,136)(H,120,135)(H,121,141)(H,122,138)(H,123,139)(H,128,129)(H4,103,104,108)(H4,105,106,109)/t56-,57-,58-,59-,67-,68-,69-,70-,71-,72-,73-,74-,75-,76-,77-,78-,80-,81-/m0/s1. The van der Waals surface area contributed by atoms with Crippen molar-refractivity contribution in [1.29, 1.82) is 10.8 Å². The van der Waals surface area contributed by atoms with E-state index in [1.54, 1.807) is 96.1 Å². The summed E-state index contributed by atoms with van der Waals surface area (Å²) in [6.07, 6.45) is 2.56. The highest BCUT2D eigenvalue weighted by molar-refractivity contribution is 6.02. The molecule has 2 fully saturated rings. The number of carboxylic acid groups (broad SMARTS) is 1. The van der Waals surface area contributed by atoms with E-state index in [4.69, 9.17) is 39.5 Å². The van der Waals surface area contributed by atoms with Gasteiger partial charge in [-0.3, -0.25) is 92.3 Å². The van der Waals surface area contributed by atoms with Crippen molar-refractivity contribution in [3.05, 3.63) is 150 Å². The third-order valence-corrected chi connectivity index (χ3v) is 25.4. The van der Waals surface area contributed by atoms with Crippen LogP contribution in [0.15, 0.2) is 122 Å². The molecule has 18 atom stereocenters. The van der Waals surface area contributed by atoms with Crippen molar-refractivity contribution >= 4 is 112 Å². The number of carboxylic acids is 1. The number of aromatic nitrogens is 2. The summed E-state index contributed by atoms with van der Waals surface area (Å²) in [5.41, 5.74) is 31.8. The van der Waals surface area contributed by atoms with E-state index in [1.165, 1.54) is 84.7 Å². The number of likely N-dealkylation sites (tertiary alicyclic amines) is 2. The van der Waals surface area contributed by atoms with Crippen molar-refractivity contribution in [2.24, 2.45) is 46.4 Å². The normalized spacial score (nSPS) is 16.6. The number of carbonyl (C=O) groups is 17. The molecular formula is C99H146N26O20. The third kappa shape index (κ3) is 38.7. The summed E-state index contributed by atoms with van der Waals surface area (Å²) in [7, 11) is 0. The summed E-state index contributed by atoms with van der Waals surface area (Å²) in [6.45, 7) is 13.4. The van der Waals surface area contributed by atoms with Gasteiger partial charge in [0.1, 0.15) is 102 Å². The Morgan fingerprint density at radius 1 is 0.421 bits per heavy atom. The number of aliphatic carboxylic acids is 1. The molecule has 2 aliphatic rings. The lowest BCUT2D eigenvalue weighted by Gasteiger charge is -2.33. The summed E-state index contributed by atoms with van der Waals surface area (Å²) in [5, 5.41) is 86.0. The van der Waals surface area contributed by atoms with E-state index in [2.05, 4.69) is 89.7 Å². The van der Waals surface area contributed by atoms with Gasteiger partial charge in [-0.1, -0.05) is 139 Å². The van der Waals surface area contributed by atoms with Crippen LogP contribution in [0.25, 0.3) is 0 Å². The van der Waals surface area contributed by atoms with Crippen LogP contribution in [-0.4, -0.2) is 277 Å². The fourth-order valence-electron chi connectivity index (χ4n) is 16.7. The molecule has 0 saturated carbocycles. The zero-order valence-electron chi connectivity index (χ0n) is 83.4. The third-order valence-electron chi connectivity index (χ3n) is 25.4. The molecule has 0 unspecified atom stereocenters. The number of nitrogens with two attached hydrogens (primary N) is 5. The number of primary amides is 1. The van der Waals surface area contributed by atoms with Gasteiger partial charge in [0.2, 0.25) is 94.5 Å². The molecule has 16 amide bonds. The van der Waals surface area contributed by atoms with Gasteiger partial charge in [0.05, 0.1) is 12.4 Å². The largest absolute Gasteiger partial charge is 0.508 e. The van der Waals surface area contributed by atoms with Gasteiger partial charge < -0.3 is 139 Å². The van der Waals surface area contributed by atoms with Crippen molar-refractivity contribution in [3.8, 4) is 11.5 Å². The van der Waals surface area contributed by atoms with Crippen LogP contribution < -0.4 is 108 Å². The number of guanidine groups is 2. The number of aromatic hydroxyl groups is 2. The second-order valence-electron chi connectivity index (χ2n) is 37.4. The highest BCUT2D eigenvalue weighted by Gasteiger charge is 2.45. The Bertz CT molecular complexity index is 5180. The monoisotopic (exact) mass is 2020 g/mol. The molecular weight excluding hydrogens is 1870 g/mol. The topological polar surface area (TPSA) is 744 Å². The lowest BCUT2D eigenvalue weighted by Crippen LogP contribution is -2.61. The van der Waals surface area contributed by atoms with Gasteiger partial charge in [-0.25, -0.2) is 4.98 Å². The Morgan fingerprint density at radius 3 is 1.24 bits per heavy atom. The minimum Gasteiger partial charge on any atom is -0.508 e. The smallest absolute Gasteiger partial charge is 0.303 e. The molecule has 0 spiro atoms. The van der Waals surface area contributed by atoms with Gasteiger partial charge in [0, 0.05) is 70.2 Å². The van der Waals surface area contributed by atoms with Gasteiger partial charge >= 0.3 is 5.97 Å². The number of nitrogens with one attached hydrogen (secondary N) is 18. The molecule has 2 aliphatic heterocycles. The van der Waals surface area contributed by atoms with Crippen LogP contribution in [0.2, 0.25) is 0 Å². The second kappa shape index (κ2) is 59.3. The molecule has 5 aromatic rings. The lowest BCUT2D eigenvalue weighted by atomic mass is 9.96. The van der Waals surface area contributed by atoms with Gasteiger partial charge in [-0.15, -0.1) is 0 Å². The van der Waals surface area contributed by atoms with E-state index in [0.717, 1.165) is 5.56 Å². The minimum absolute atomic E-state index is 0.00326. The average Bonchev–Trinajstić information content (AvgIpc) is 1.68. The van der Waals surface area contributed by atoms with Gasteiger partial charge in [0.15, 0.2) is 11.9 Å². The van der Waals surface area contributed by atoms with Crippen molar-refractivity contribution in [1.82, 2.24) is 99.5 Å². The number of phenols is 2. The maximum atomic E-state index is 15.2. The minimum atomic E-state index is -1.70. The van der Waals surface area contributed by atoms with Crippen LogP contribution in [0.5, 0.6) is 11.5 Å². The molecule has 0 bridgehead atoms. The van der Waals surface area contributed by atoms with E-state index in [9.17, 15) is 72.9 Å². The highest BCUT2D eigenvalue weighted by atomic mass is 16.4. The van der Waals surface area contributed by atoms with E-state index in [-0.39, 0.29) is 165 Å². The van der Waals surface area contributed by atoms with Crippen LogP contribution in [-0.2, 0) is 114 Å². The van der Waals surface area contributed by atoms with Crippen LogP contribution in [0.4, 0.5) is 0 Å². The average molecular weight is 2020 g/mol. The number of carbonyl (C=O) groups excluding carboxylic acids is 16. The Kier molecular flexibility index (Phi) is 47.9. The van der Waals surface area contributed by atoms with Gasteiger partial charge in [0.25, 0.3) is 0 Å². The van der Waals surface area contributed by atoms with E-state index < -0.39 is 228 Å². The van der Waals surface area contributed by atoms with Crippen LogP contribution in [0.3, 0.4) is 0 Å². The predicted molar refractivity (Wildman–Crippen MR) is 536 cm³/mol. The quantitative estimate of drug-likeness (QED) is 0.0115. The fraction of sp³-hybridized carbons (Fsp3) is 0.535. The lowest BCUT2D eigenvalue weighted by molar-refractivity contribution is -0.145. The molecule has 46 nitrogen and oxygen atoms in total. The summed E-state index contributed by atoms with van der Waals surface area (Å²) >= 11 is 0. The molecule has 31 N–H and O–H groups in total. The second-order valence-corrected chi connectivity index (χ2v) is 37.4. The SMILES string of the molecule is CC[C@H](C)[C@H](NC(=O)[C@H](Cc1ccc(O)cc1)NC(=O)[C@H](C)NC(=O)[C@@H](N)Cc1ccccc1)C(=O)N[C@@H](C)C(=O)N[C@@H](CCCNC(=N)N)C(=O)N1CCC[C@H]1C(=O)N[C@@H](CC(C)C)C(=O)N1CCC[C@H]1C(=O)N[C@@H](CCCNC(=N)N)C(=O)N[C@@H](Cc1cnc[nH]1)C(=O)N[C@H](C(=O)N[C@@H](CCCCN)C(=O)N[C@@H](CCC(=O)O)C(=O)N[C@@H](Cc1ccc(O)cc1)C(=O)N[C@@H](Cc1ccccc1)C(N)=O)[C@@H](C)CC. The van der Waals surface area contributed by atoms with E-state index in [1.807, 2.05) is 6.07 Å². The molecule has 7 rings (SSSR count). The Balaban J connectivity index is 1.06. The molecule has 46 heteroatoms. The number of rotatable bonds is 60. The number of imidazole rings is 1. The fourth-order valence-corrected chi connectivity index (χ4v) is 16.7. The number of nitrogens with zero attached hydrogens (tertiary/aromatic N) is 3. The Labute approximate surface area is 842 Å². The number of aromatic amines is 1. The first kappa shape index (κ1) is 117. The first-order valence-corrected chi connectivity index (χ1v) is 49.3. The molecule has 4 aromatic carbocycles. The first-order valence-electron chi connectivity index (χ1n) is 49.3. The first-order chi connectivity index (χ1) is 69.0. The van der Waals surface area contributed by atoms with Crippen molar-refractivity contribution in [2.45, 2.75) is 287 Å². The summed E-state index contributed by atoms with van der Waals surface area (Å²) in [5.74, 6) is -17.4. The van der Waals surface area contributed by atoms with E-state index in [0.29, 0.717) is 35.2 Å². The van der Waals surface area contributed by atoms with Crippen molar-refractivity contribution in [3.63, 3.8) is 0 Å². The number of H-pyrrole nitrogens is 1. The molecule has 1 aromatic heterocycles. The molecule has 3 heterocycles. The molecule has 0 radical (unpaired) electrons. The maximum Gasteiger partial charge on any atom is 0.303 e. The number of unbranched alkanes of at least 4 members (excludes halogenated alkanes) is 1. The van der Waals surface area contributed by atoms with Gasteiger partial charge in [-0.2, -0.15) is 0 Å². The highest BCUT2D eigenvalue weighted by Crippen LogP contribution is 2.26. The maximum absolute atomic E-state index is 15.2. The molecule has 2 saturated heterocycles. The molecule has 792 valence electrons. The predicted octanol–water partition coefficient (Wildman–Crippen LogP) is -1.87. The van der Waals surface area contributed by atoms with Crippen LogP contribution in [0.1, 0.15) is 186 Å². The zero-order valence-corrected chi connectivity index (χ0v) is 83.4. The molecule has 145 heavy (non-hydrogen) atoms. The van der Waals surface area contributed by atoms with E-state index >= 15 is 24.0 Å². The number of hydrogen-bond acceptors (Lipinski definition) is 24. The van der Waals surface area contributed by atoms with Gasteiger partial charge in [-0.05, 0) is 175 Å². The number of amides is 16. The summed E-state index contributed by atoms with van der Waals surface area (Å²) < 4.78 is 0. The molecule has 0 aliphatic carbocycles. The number of phenolic OH excluding ortho intramolecular Hbond substituents is 2. The van der Waals surface area contributed by atoms with Crippen molar-refractivity contribution < 1.29 is 96.8 Å². The summed E-state index contributed by atoms with van der Waals surface area (Å²) in [4.78, 5) is 254.